The Balaban J connectivity index is 0.00000124. The van der Waals surface area contributed by atoms with E-state index in [0.29, 0.717) is 18.3 Å². The molecule has 3 aliphatic rings. The fourth-order valence-electron chi connectivity index (χ4n) is 5.42. The zero-order valence-electron chi connectivity index (χ0n) is 21.2. The van der Waals surface area contributed by atoms with Gasteiger partial charge in [-0.15, -0.1) is 0 Å². The molecule has 186 valence electrons. The van der Waals surface area contributed by atoms with Gasteiger partial charge in [-0.25, -0.2) is 14.9 Å². The summed E-state index contributed by atoms with van der Waals surface area (Å²) in [7, 11) is 1.80. The van der Waals surface area contributed by atoms with Crippen molar-refractivity contribution < 1.29 is 14.3 Å². The molecule has 3 atom stereocenters. The van der Waals surface area contributed by atoms with Crippen molar-refractivity contribution in [2.45, 2.75) is 64.4 Å². The summed E-state index contributed by atoms with van der Waals surface area (Å²) in [6, 6.07) is 12.5. The third-order valence-electron chi connectivity index (χ3n) is 7.10. The summed E-state index contributed by atoms with van der Waals surface area (Å²) in [5.74, 6) is 1.53. The van der Waals surface area contributed by atoms with E-state index in [4.69, 9.17) is 25.0 Å². The molecule has 8 heteroatoms. The molecule has 0 amide bonds. The second kappa shape index (κ2) is 8.84. The zero-order valence-corrected chi connectivity index (χ0v) is 21.2. The van der Waals surface area contributed by atoms with Crippen molar-refractivity contribution >= 4 is 16.9 Å². The maximum atomic E-state index is 6.59. The first-order valence-corrected chi connectivity index (χ1v) is 12.5. The van der Waals surface area contributed by atoms with E-state index < -0.39 is 5.72 Å². The number of rotatable bonds is 2. The van der Waals surface area contributed by atoms with Crippen LogP contribution in [0.15, 0.2) is 47.6 Å². The van der Waals surface area contributed by atoms with E-state index in [9.17, 15) is 0 Å². The minimum absolute atomic E-state index is 0.0316. The highest BCUT2D eigenvalue weighted by molar-refractivity contribution is 5.84. The van der Waals surface area contributed by atoms with Crippen molar-refractivity contribution in [1.29, 1.82) is 0 Å². The van der Waals surface area contributed by atoms with E-state index in [1.54, 1.807) is 12.1 Å². The molecule has 2 aromatic carbocycles. The number of nitrogens with two attached hydrogens (primary N) is 1. The van der Waals surface area contributed by atoms with Gasteiger partial charge in [-0.3, -0.25) is 5.10 Å². The topological polar surface area (TPSA) is 98.0 Å². The number of benzene rings is 2. The molecule has 3 aromatic rings. The number of fused-ring (bicyclic) bond motifs is 3. The summed E-state index contributed by atoms with van der Waals surface area (Å²) in [5.41, 5.74) is 9.17. The molecule has 6 rings (SSSR count). The number of aromatic amines is 1. The van der Waals surface area contributed by atoms with Crippen LogP contribution < -0.4 is 10.5 Å². The van der Waals surface area contributed by atoms with Gasteiger partial charge in [0.25, 0.3) is 0 Å². The molecule has 0 radical (unpaired) electrons. The largest absolute Gasteiger partial charge is 0.489 e. The molecule has 35 heavy (non-hydrogen) atoms. The van der Waals surface area contributed by atoms with Crippen molar-refractivity contribution in [1.82, 2.24) is 15.3 Å². The number of hydrogen-bond acceptors (Lipinski definition) is 7. The smallest absolute Gasteiger partial charge is 0.221 e. The summed E-state index contributed by atoms with van der Waals surface area (Å²) in [6.45, 7) is 9.02. The molecule has 0 bridgehead atoms. The SMILES string of the molecule is CC.CN1OC2(CC(C3CCOC(C)(C)C3)Oc3ccc(-c4ccc5cn[nH]c5c4)cc32)N=C1N. The van der Waals surface area contributed by atoms with Gasteiger partial charge in [0.2, 0.25) is 11.7 Å². The quantitative estimate of drug-likeness (QED) is 0.542. The lowest BCUT2D eigenvalue weighted by Gasteiger charge is -2.44. The van der Waals surface area contributed by atoms with Crippen LogP contribution in [-0.4, -0.2) is 46.6 Å². The minimum atomic E-state index is -0.895. The molecule has 0 aliphatic carbocycles. The third-order valence-corrected chi connectivity index (χ3v) is 7.10. The van der Waals surface area contributed by atoms with Gasteiger partial charge in [0.1, 0.15) is 11.9 Å². The Bertz CT molecular complexity index is 1250. The van der Waals surface area contributed by atoms with Crippen LogP contribution in [0.3, 0.4) is 0 Å². The number of guanidine groups is 1. The van der Waals surface area contributed by atoms with Crippen molar-refractivity contribution in [2.24, 2.45) is 16.6 Å². The Morgan fingerprint density at radius 3 is 2.60 bits per heavy atom. The van der Waals surface area contributed by atoms with Crippen LogP contribution in [0.4, 0.5) is 0 Å². The first-order chi connectivity index (χ1) is 16.8. The molecule has 8 nitrogen and oxygen atoms in total. The fraction of sp³-hybridized carbons (Fsp3) is 0.481. The Morgan fingerprint density at radius 1 is 1.09 bits per heavy atom. The summed E-state index contributed by atoms with van der Waals surface area (Å²) >= 11 is 0. The molecule has 3 N–H and O–H groups in total. The van der Waals surface area contributed by atoms with Gasteiger partial charge < -0.3 is 15.2 Å². The lowest BCUT2D eigenvalue weighted by molar-refractivity contribution is -0.198. The molecule has 1 spiro atoms. The van der Waals surface area contributed by atoms with Crippen molar-refractivity contribution in [3.63, 3.8) is 0 Å². The molecule has 4 heterocycles. The molecule has 1 saturated heterocycles. The number of nitrogens with zero attached hydrogens (tertiary/aromatic N) is 3. The Labute approximate surface area is 206 Å². The van der Waals surface area contributed by atoms with Crippen LogP contribution >= 0.6 is 0 Å². The van der Waals surface area contributed by atoms with Crippen LogP contribution in [0.1, 0.15) is 52.5 Å². The molecular weight excluding hydrogens is 442 g/mol. The average molecular weight is 478 g/mol. The number of aliphatic imine (C=N–C) groups is 1. The first kappa shape index (κ1) is 23.6. The maximum absolute atomic E-state index is 6.59. The predicted octanol–water partition coefficient (Wildman–Crippen LogP) is 4.96. The molecule has 0 saturated carbocycles. The average Bonchev–Trinajstić information content (AvgIpc) is 3.43. The number of aromatic nitrogens is 2. The summed E-state index contributed by atoms with van der Waals surface area (Å²) in [4.78, 5) is 11.2. The van der Waals surface area contributed by atoms with Gasteiger partial charge in [-0.2, -0.15) is 5.10 Å². The fourth-order valence-corrected chi connectivity index (χ4v) is 5.42. The van der Waals surface area contributed by atoms with Crippen molar-refractivity contribution in [3.05, 3.63) is 48.2 Å². The van der Waals surface area contributed by atoms with Crippen LogP contribution in [0, 0.1) is 5.92 Å². The van der Waals surface area contributed by atoms with Crippen LogP contribution in [0.2, 0.25) is 0 Å². The highest BCUT2D eigenvalue weighted by Crippen LogP contribution is 2.50. The van der Waals surface area contributed by atoms with Gasteiger partial charge in [0.05, 0.1) is 22.9 Å². The van der Waals surface area contributed by atoms with E-state index >= 15 is 0 Å². The Kier molecular flexibility index (Phi) is 5.97. The summed E-state index contributed by atoms with van der Waals surface area (Å²) in [5, 5.41) is 9.82. The highest BCUT2D eigenvalue weighted by atomic mass is 16.7. The van der Waals surface area contributed by atoms with Crippen LogP contribution in [0.5, 0.6) is 5.75 Å². The second-order valence-corrected chi connectivity index (χ2v) is 9.95. The van der Waals surface area contributed by atoms with Crippen molar-refractivity contribution in [3.8, 4) is 16.9 Å². The van der Waals surface area contributed by atoms with Gasteiger partial charge in [-0.1, -0.05) is 32.0 Å². The van der Waals surface area contributed by atoms with Crippen LogP contribution in [0.25, 0.3) is 22.0 Å². The van der Waals surface area contributed by atoms with Gasteiger partial charge in [0, 0.05) is 31.4 Å². The molecule has 1 aromatic heterocycles. The number of H-pyrrole nitrogens is 1. The normalized spacial score (nSPS) is 27.1. The van der Waals surface area contributed by atoms with Gasteiger partial charge in [0.15, 0.2) is 0 Å². The molecule has 1 fully saturated rings. The molecule has 3 aliphatic heterocycles. The summed E-state index contributed by atoms with van der Waals surface area (Å²) in [6.07, 6.45) is 4.29. The zero-order chi connectivity index (χ0) is 24.8. The number of hydrogen-bond donors (Lipinski definition) is 2. The maximum Gasteiger partial charge on any atom is 0.221 e. The van der Waals surface area contributed by atoms with Crippen molar-refractivity contribution in [2.75, 3.05) is 13.7 Å². The second-order valence-electron chi connectivity index (χ2n) is 9.95. The van der Waals surface area contributed by atoms with E-state index in [1.165, 1.54) is 0 Å². The lowest BCUT2D eigenvalue weighted by Crippen LogP contribution is -2.46. The van der Waals surface area contributed by atoms with Crippen LogP contribution in [-0.2, 0) is 15.3 Å². The molecular formula is C27H35N5O3. The van der Waals surface area contributed by atoms with Gasteiger partial charge >= 0.3 is 0 Å². The van der Waals surface area contributed by atoms with Gasteiger partial charge in [-0.05, 0) is 56.0 Å². The number of ether oxygens (including phenoxy) is 2. The lowest BCUT2D eigenvalue weighted by atomic mass is 9.79. The Morgan fingerprint density at radius 2 is 1.86 bits per heavy atom. The van der Waals surface area contributed by atoms with E-state index in [2.05, 4.69) is 54.4 Å². The van der Waals surface area contributed by atoms with E-state index in [0.717, 1.165) is 52.8 Å². The number of nitrogens with one attached hydrogen (secondary N) is 1. The highest BCUT2D eigenvalue weighted by Gasteiger charge is 2.51. The van der Waals surface area contributed by atoms with E-state index in [-0.39, 0.29) is 11.7 Å². The summed E-state index contributed by atoms with van der Waals surface area (Å²) < 4.78 is 12.5. The standard InChI is InChI=1S/C25H29N5O3.C2H6/c1-24(2)12-17(8-9-31-24)22-13-25(28-23(26)30(3)33-25)19-10-15(6-7-21(19)32-22)16-4-5-18-14-27-29-20(18)11-16;1-2/h4-7,10-11,14,17,22H,8-9,12-13H2,1-3H3,(H2,26,28)(H,27,29);1-2H3. The monoisotopic (exact) mass is 477 g/mol. The van der Waals surface area contributed by atoms with E-state index in [1.807, 2.05) is 26.1 Å². The predicted molar refractivity (Wildman–Crippen MR) is 137 cm³/mol. The first-order valence-electron chi connectivity index (χ1n) is 12.5. The minimum Gasteiger partial charge on any atom is -0.489 e. The third kappa shape index (κ3) is 4.25. The molecule has 3 unspecified atom stereocenters. The Hall–Kier alpha value is -3.10. The number of hydroxylamine groups is 2.